The van der Waals surface area contributed by atoms with Gasteiger partial charge < -0.3 is 15.5 Å². The van der Waals surface area contributed by atoms with Crippen LogP contribution in [0.25, 0.3) is 0 Å². The molecular weight excluding hydrogens is 370 g/mol. The highest BCUT2D eigenvalue weighted by Crippen LogP contribution is 2.45. The lowest BCUT2D eigenvalue weighted by molar-refractivity contribution is -0.129. The maximum atomic E-state index is 14.3. The first-order valence-corrected chi connectivity index (χ1v) is 9.36. The summed E-state index contributed by atoms with van der Waals surface area (Å²) in [6.45, 7) is 0.509. The van der Waals surface area contributed by atoms with Crippen molar-refractivity contribution < 1.29 is 23.2 Å². The van der Waals surface area contributed by atoms with Gasteiger partial charge in [0.25, 0.3) is 5.91 Å². The number of urea groups is 2. The van der Waals surface area contributed by atoms with Crippen LogP contribution in [0.5, 0.6) is 0 Å². The number of benzene rings is 1. The molecule has 5 amide bonds. The molecule has 1 spiro atoms. The molecule has 3 aliphatic rings. The zero-order valence-corrected chi connectivity index (χ0v) is 15.6. The smallest absolute Gasteiger partial charge is 0.324 e. The van der Waals surface area contributed by atoms with Crippen molar-refractivity contribution in [3.8, 4) is 0 Å². The fourth-order valence-electron chi connectivity index (χ4n) is 4.49. The minimum Gasteiger partial charge on any atom is -0.337 e. The molecule has 0 unspecified atom stereocenters. The van der Waals surface area contributed by atoms with Gasteiger partial charge in [0.15, 0.2) is 0 Å². The molecule has 1 aromatic carbocycles. The number of rotatable bonds is 3. The number of nitrogens with one attached hydrogen (secondary N) is 2. The summed E-state index contributed by atoms with van der Waals surface area (Å²) in [5.74, 6) is -1.55. The molecule has 0 aromatic heterocycles. The van der Waals surface area contributed by atoms with E-state index in [1.807, 2.05) is 0 Å². The Labute approximate surface area is 161 Å². The van der Waals surface area contributed by atoms with E-state index in [9.17, 15) is 23.2 Å². The van der Waals surface area contributed by atoms with Crippen molar-refractivity contribution in [2.75, 3.05) is 26.7 Å². The number of nitrogens with zero attached hydrogens (tertiary/aromatic N) is 2. The maximum Gasteiger partial charge on any atom is 0.324 e. The third kappa shape index (κ3) is 2.71. The average molecular weight is 392 g/mol. The highest BCUT2D eigenvalue weighted by atomic mass is 19.1. The highest BCUT2D eigenvalue weighted by molar-refractivity contribution is 6.07. The molecule has 1 atom stereocenters. The predicted octanol–water partition coefficient (Wildman–Crippen LogP) is 1.72. The topological polar surface area (TPSA) is 81.8 Å². The number of carbonyl (C=O) groups excluding carboxylic acids is 3. The Morgan fingerprint density at radius 1 is 1.21 bits per heavy atom. The molecule has 1 aliphatic carbocycles. The molecule has 1 aromatic rings. The lowest BCUT2D eigenvalue weighted by Gasteiger charge is -2.43. The van der Waals surface area contributed by atoms with E-state index in [4.69, 9.17) is 0 Å². The summed E-state index contributed by atoms with van der Waals surface area (Å²) in [7, 11) is 1.40. The maximum absolute atomic E-state index is 14.3. The number of hydrogen-bond donors (Lipinski definition) is 2. The first-order chi connectivity index (χ1) is 13.3. The molecule has 7 nitrogen and oxygen atoms in total. The summed E-state index contributed by atoms with van der Waals surface area (Å²) < 4.78 is 28.5. The third-order valence-electron chi connectivity index (χ3n) is 6.30. The van der Waals surface area contributed by atoms with E-state index in [1.54, 1.807) is 0 Å². The van der Waals surface area contributed by atoms with Gasteiger partial charge in [0.1, 0.15) is 17.2 Å². The third-order valence-corrected chi connectivity index (χ3v) is 6.30. The van der Waals surface area contributed by atoms with Crippen LogP contribution in [0.3, 0.4) is 0 Å². The van der Waals surface area contributed by atoms with E-state index in [1.165, 1.54) is 30.1 Å². The Kier molecular flexibility index (Phi) is 4.28. The minimum atomic E-state index is -1.07. The van der Waals surface area contributed by atoms with Crippen LogP contribution in [0.1, 0.15) is 31.2 Å². The molecule has 0 radical (unpaired) electrons. The molecule has 28 heavy (non-hydrogen) atoms. The van der Waals surface area contributed by atoms with E-state index in [-0.39, 0.29) is 24.6 Å². The predicted molar refractivity (Wildman–Crippen MR) is 95.5 cm³/mol. The van der Waals surface area contributed by atoms with Crippen LogP contribution >= 0.6 is 0 Å². The number of halogens is 2. The van der Waals surface area contributed by atoms with Crippen molar-refractivity contribution in [1.82, 2.24) is 20.4 Å². The molecule has 0 bridgehead atoms. The first-order valence-electron chi connectivity index (χ1n) is 9.36. The molecule has 150 valence electrons. The van der Waals surface area contributed by atoms with Crippen LogP contribution in [-0.2, 0) is 10.2 Å². The molecular formula is C19H22F2N4O3. The monoisotopic (exact) mass is 392 g/mol. The summed E-state index contributed by atoms with van der Waals surface area (Å²) in [6.07, 6.45) is 2.36. The fraction of sp³-hybridized carbons (Fsp3) is 0.526. The second-order valence-electron chi connectivity index (χ2n) is 7.94. The molecule has 9 heteroatoms. The zero-order chi connectivity index (χ0) is 20.1. The number of amides is 5. The SMILES string of the molecule is CN1C(=O)N[C@@]2(CCN(C(=O)NCC3(c4c(F)cccc4F)CCC3)C2)C1=O. The summed E-state index contributed by atoms with van der Waals surface area (Å²) in [5, 5.41) is 5.45. The van der Waals surface area contributed by atoms with Crippen LogP contribution in [0.15, 0.2) is 18.2 Å². The Morgan fingerprint density at radius 2 is 1.89 bits per heavy atom. The van der Waals surface area contributed by atoms with E-state index < -0.39 is 34.7 Å². The average Bonchev–Trinajstić information content (AvgIpc) is 3.14. The van der Waals surface area contributed by atoms with Crippen molar-refractivity contribution in [3.05, 3.63) is 35.4 Å². The van der Waals surface area contributed by atoms with Crippen LogP contribution < -0.4 is 10.6 Å². The number of likely N-dealkylation sites (tertiary alicyclic amines) is 1. The van der Waals surface area contributed by atoms with Crippen molar-refractivity contribution in [1.29, 1.82) is 0 Å². The molecule has 1 saturated carbocycles. The molecule has 2 heterocycles. The Hall–Kier alpha value is -2.71. The van der Waals surface area contributed by atoms with Crippen molar-refractivity contribution >= 4 is 18.0 Å². The van der Waals surface area contributed by atoms with Crippen LogP contribution in [0.4, 0.5) is 18.4 Å². The van der Waals surface area contributed by atoms with Gasteiger partial charge in [-0.25, -0.2) is 18.4 Å². The van der Waals surface area contributed by atoms with Gasteiger partial charge in [0.05, 0.1) is 6.54 Å². The summed E-state index contributed by atoms with van der Waals surface area (Å²) in [5.41, 5.74) is -1.80. The summed E-state index contributed by atoms with van der Waals surface area (Å²) >= 11 is 0. The van der Waals surface area contributed by atoms with Crippen molar-refractivity contribution in [2.24, 2.45) is 0 Å². The Bertz CT molecular complexity index is 837. The van der Waals surface area contributed by atoms with E-state index in [0.717, 1.165) is 11.3 Å². The quantitative estimate of drug-likeness (QED) is 0.769. The standard InChI is InChI=1S/C19H22F2N4O3/c1-24-15(26)19(23-17(24)28)8-9-25(11-19)16(27)22-10-18(6-3-7-18)14-12(20)4-2-5-13(14)21/h2,4-5H,3,6-11H2,1H3,(H,22,27)(H,23,28)/t19-/m1/s1. The fourth-order valence-corrected chi connectivity index (χ4v) is 4.49. The van der Waals surface area contributed by atoms with E-state index >= 15 is 0 Å². The van der Waals surface area contributed by atoms with Gasteiger partial charge in [-0.1, -0.05) is 12.5 Å². The second kappa shape index (κ2) is 6.42. The minimum absolute atomic E-state index is 0.0271. The normalized spacial score (nSPS) is 25.8. The number of imide groups is 1. The van der Waals surface area contributed by atoms with Gasteiger partial charge in [0, 0.05) is 31.1 Å². The first kappa shape index (κ1) is 18.6. The molecule has 2 N–H and O–H groups in total. The van der Waals surface area contributed by atoms with Gasteiger partial charge in [-0.2, -0.15) is 0 Å². The number of hydrogen-bond acceptors (Lipinski definition) is 3. The Morgan fingerprint density at radius 3 is 2.43 bits per heavy atom. The summed E-state index contributed by atoms with van der Waals surface area (Å²) in [6, 6.07) is 2.91. The van der Waals surface area contributed by atoms with Gasteiger partial charge in [0.2, 0.25) is 0 Å². The molecule has 3 fully saturated rings. The molecule has 2 aliphatic heterocycles. The highest BCUT2D eigenvalue weighted by Gasteiger charge is 2.54. The largest absolute Gasteiger partial charge is 0.337 e. The number of likely N-dealkylation sites (N-methyl/N-ethyl adjacent to an activating group) is 1. The summed E-state index contributed by atoms with van der Waals surface area (Å²) in [4.78, 5) is 39.2. The van der Waals surface area contributed by atoms with Crippen LogP contribution in [0, 0.1) is 11.6 Å². The second-order valence-corrected chi connectivity index (χ2v) is 7.94. The van der Waals surface area contributed by atoms with Gasteiger partial charge >= 0.3 is 12.1 Å². The molecule has 2 saturated heterocycles. The van der Waals surface area contributed by atoms with Crippen molar-refractivity contribution in [2.45, 2.75) is 36.6 Å². The number of carbonyl (C=O) groups is 3. The van der Waals surface area contributed by atoms with Crippen LogP contribution in [0.2, 0.25) is 0 Å². The van der Waals surface area contributed by atoms with E-state index in [0.29, 0.717) is 25.8 Å². The lowest BCUT2D eigenvalue weighted by atomic mass is 9.64. The van der Waals surface area contributed by atoms with Gasteiger partial charge in [-0.3, -0.25) is 9.69 Å². The zero-order valence-electron chi connectivity index (χ0n) is 15.6. The van der Waals surface area contributed by atoms with Crippen molar-refractivity contribution in [3.63, 3.8) is 0 Å². The van der Waals surface area contributed by atoms with E-state index in [2.05, 4.69) is 10.6 Å². The molecule has 4 rings (SSSR count). The lowest BCUT2D eigenvalue weighted by Crippen LogP contribution is -2.53. The van der Waals surface area contributed by atoms with Crippen LogP contribution in [-0.4, -0.2) is 60.0 Å². The van der Waals surface area contributed by atoms with Gasteiger partial charge in [-0.05, 0) is 31.4 Å². The Balaban J connectivity index is 1.44. The van der Waals surface area contributed by atoms with Gasteiger partial charge in [-0.15, -0.1) is 0 Å².